The van der Waals surface area contributed by atoms with Gasteiger partial charge in [0.2, 0.25) is 5.91 Å². The van der Waals surface area contributed by atoms with E-state index in [-0.39, 0.29) is 17.5 Å². The van der Waals surface area contributed by atoms with Crippen molar-refractivity contribution in [1.29, 1.82) is 0 Å². The van der Waals surface area contributed by atoms with E-state index >= 15 is 0 Å². The fourth-order valence-corrected chi connectivity index (χ4v) is 0.984. The summed E-state index contributed by atoms with van der Waals surface area (Å²) in [7, 11) is 1.29. The number of rotatable bonds is 4. The van der Waals surface area contributed by atoms with Crippen molar-refractivity contribution in [3.8, 4) is 0 Å². The molecular formula is C8H13F3N2OS. The molecule has 88 valence electrons. The van der Waals surface area contributed by atoms with Crippen LogP contribution in [0.3, 0.4) is 0 Å². The zero-order valence-electron chi connectivity index (χ0n) is 8.47. The summed E-state index contributed by atoms with van der Waals surface area (Å²) in [4.78, 5) is 12.2. The average Bonchev–Trinajstić information content (AvgIpc) is 2.00. The highest BCUT2D eigenvalue weighted by Gasteiger charge is 2.32. The normalized spacial score (nSPS) is 13.4. The Hall–Kier alpha value is -0.850. The molecule has 0 aromatic heterocycles. The van der Waals surface area contributed by atoms with E-state index in [1.807, 2.05) is 0 Å². The summed E-state index contributed by atoms with van der Waals surface area (Å²) in [6.07, 6.45) is -5.93. The van der Waals surface area contributed by atoms with Crippen LogP contribution in [-0.2, 0) is 4.79 Å². The van der Waals surface area contributed by atoms with Crippen molar-refractivity contribution in [3.63, 3.8) is 0 Å². The van der Waals surface area contributed by atoms with Gasteiger partial charge in [0.05, 0.1) is 4.99 Å². The predicted molar refractivity (Wildman–Crippen MR) is 54.3 cm³/mol. The molecule has 0 fully saturated rings. The lowest BCUT2D eigenvalue weighted by Gasteiger charge is -2.21. The monoisotopic (exact) mass is 242 g/mol. The van der Waals surface area contributed by atoms with Gasteiger partial charge in [0.1, 0.15) is 6.42 Å². The summed E-state index contributed by atoms with van der Waals surface area (Å²) in [5.74, 6) is -1.27. The van der Waals surface area contributed by atoms with E-state index in [2.05, 4.69) is 12.2 Å². The first-order valence-electron chi connectivity index (χ1n) is 4.23. The smallest absolute Gasteiger partial charge is 0.393 e. The Labute approximate surface area is 91.4 Å². The van der Waals surface area contributed by atoms with Gasteiger partial charge in [-0.2, -0.15) is 13.2 Å². The van der Waals surface area contributed by atoms with Crippen LogP contribution >= 0.6 is 12.2 Å². The molecule has 7 heteroatoms. The second-order valence-electron chi connectivity index (χ2n) is 3.37. The van der Waals surface area contributed by atoms with Crippen molar-refractivity contribution in [2.75, 3.05) is 13.6 Å². The number of hydrogen-bond acceptors (Lipinski definition) is 2. The standard InChI is InChI=1S/C8H13F3N2OS/c1-5(7(12)15)4-13(2)6(14)3-8(9,10)11/h5H,3-4H2,1-2H3,(H2,12,15). The van der Waals surface area contributed by atoms with Gasteiger partial charge in [0.15, 0.2) is 0 Å². The number of halogens is 3. The van der Waals surface area contributed by atoms with Gasteiger partial charge >= 0.3 is 6.18 Å². The van der Waals surface area contributed by atoms with E-state index in [4.69, 9.17) is 5.73 Å². The summed E-state index contributed by atoms with van der Waals surface area (Å²) in [5.41, 5.74) is 5.28. The van der Waals surface area contributed by atoms with Crippen molar-refractivity contribution in [2.45, 2.75) is 19.5 Å². The van der Waals surface area contributed by atoms with Crippen molar-refractivity contribution in [2.24, 2.45) is 11.7 Å². The number of carbonyl (C=O) groups excluding carboxylic acids is 1. The third-order valence-corrected chi connectivity index (χ3v) is 2.21. The summed E-state index contributed by atoms with van der Waals surface area (Å²) in [6, 6.07) is 0. The fraction of sp³-hybridized carbons (Fsp3) is 0.750. The number of alkyl halides is 3. The van der Waals surface area contributed by atoms with Crippen LogP contribution in [0.1, 0.15) is 13.3 Å². The minimum Gasteiger partial charge on any atom is -0.393 e. The van der Waals surface area contributed by atoms with E-state index in [1.165, 1.54) is 7.05 Å². The highest BCUT2D eigenvalue weighted by molar-refractivity contribution is 7.80. The topological polar surface area (TPSA) is 46.3 Å². The van der Waals surface area contributed by atoms with Crippen molar-refractivity contribution in [3.05, 3.63) is 0 Å². The van der Waals surface area contributed by atoms with Gasteiger partial charge in [-0.3, -0.25) is 4.79 Å². The van der Waals surface area contributed by atoms with Crippen LogP contribution in [-0.4, -0.2) is 35.6 Å². The van der Waals surface area contributed by atoms with Gasteiger partial charge in [-0.25, -0.2) is 0 Å². The van der Waals surface area contributed by atoms with Crippen LogP contribution in [0, 0.1) is 5.92 Å². The second kappa shape index (κ2) is 5.29. The Morgan fingerprint density at radius 1 is 1.53 bits per heavy atom. The molecule has 0 radical (unpaired) electrons. The Kier molecular flexibility index (Phi) is 4.99. The Morgan fingerprint density at radius 3 is 2.33 bits per heavy atom. The quantitative estimate of drug-likeness (QED) is 0.756. The van der Waals surface area contributed by atoms with E-state index in [9.17, 15) is 18.0 Å². The summed E-state index contributed by atoms with van der Waals surface area (Å²) >= 11 is 4.65. The molecule has 0 rings (SSSR count). The van der Waals surface area contributed by atoms with E-state index in [1.54, 1.807) is 6.92 Å². The predicted octanol–water partition coefficient (Wildman–Crippen LogP) is 1.32. The van der Waals surface area contributed by atoms with Crippen LogP contribution in [0.4, 0.5) is 13.2 Å². The molecule has 15 heavy (non-hydrogen) atoms. The average molecular weight is 242 g/mol. The van der Waals surface area contributed by atoms with Crippen LogP contribution in [0.5, 0.6) is 0 Å². The minimum atomic E-state index is -4.47. The lowest BCUT2D eigenvalue weighted by molar-refractivity contribution is -0.160. The molecule has 0 aliphatic carbocycles. The summed E-state index contributed by atoms with van der Waals surface area (Å²) < 4.78 is 35.6. The van der Waals surface area contributed by atoms with Crippen LogP contribution in [0.15, 0.2) is 0 Å². The third-order valence-electron chi connectivity index (χ3n) is 1.81. The molecule has 0 spiro atoms. The molecule has 0 aromatic carbocycles. The van der Waals surface area contributed by atoms with Gasteiger partial charge in [0, 0.05) is 19.5 Å². The number of hydrogen-bond donors (Lipinski definition) is 1. The van der Waals surface area contributed by atoms with Gasteiger partial charge in [-0.05, 0) is 0 Å². The maximum absolute atomic E-state index is 11.9. The molecule has 0 aromatic rings. The van der Waals surface area contributed by atoms with Crippen molar-refractivity contribution < 1.29 is 18.0 Å². The van der Waals surface area contributed by atoms with Gasteiger partial charge in [0.25, 0.3) is 0 Å². The van der Waals surface area contributed by atoms with Gasteiger partial charge in [-0.1, -0.05) is 19.1 Å². The van der Waals surface area contributed by atoms with Crippen molar-refractivity contribution >= 4 is 23.1 Å². The molecule has 0 heterocycles. The molecule has 0 aliphatic rings. The molecule has 3 nitrogen and oxygen atoms in total. The highest BCUT2D eigenvalue weighted by atomic mass is 32.1. The molecule has 0 bridgehead atoms. The molecule has 1 amide bonds. The van der Waals surface area contributed by atoms with Gasteiger partial charge < -0.3 is 10.6 Å². The molecular weight excluding hydrogens is 229 g/mol. The molecule has 0 saturated carbocycles. The van der Waals surface area contributed by atoms with E-state index < -0.39 is 18.5 Å². The summed E-state index contributed by atoms with van der Waals surface area (Å²) in [6.45, 7) is 1.75. The first-order valence-corrected chi connectivity index (χ1v) is 4.64. The number of amides is 1. The number of nitrogens with zero attached hydrogens (tertiary/aromatic N) is 1. The maximum atomic E-state index is 11.9. The molecule has 1 unspecified atom stereocenters. The van der Waals surface area contributed by atoms with E-state index in [0.29, 0.717) is 0 Å². The lowest BCUT2D eigenvalue weighted by Crippen LogP contribution is -2.37. The Morgan fingerprint density at radius 2 is 2.00 bits per heavy atom. The summed E-state index contributed by atoms with van der Waals surface area (Å²) in [5, 5.41) is 0. The molecule has 0 saturated heterocycles. The first kappa shape index (κ1) is 14.2. The maximum Gasteiger partial charge on any atom is 0.397 e. The largest absolute Gasteiger partial charge is 0.397 e. The fourth-order valence-electron chi connectivity index (χ4n) is 0.909. The number of carbonyl (C=O) groups is 1. The van der Waals surface area contributed by atoms with Crippen LogP contribution in [0.2, 0.25) is 0 Å². The lowest BCUT2D eigenvalue weighted by atomic mass is 10.1. The molecule has 0 aliphatic heterocycles. The third kappa shape index (κ3) is 6.27. The number of nitrogens with two attached hydrogens (primary N) is 1. The first-order chi connectivity index (χ1) is 6.63. The van der Waals surface area contributed by atoms with Crippen LogP contribution < -0.4 is 5.73 Å². The SMILES string of the molecule is CC(CN(C)C(=O)CC(F)(F)F)C(N)=S. The minimum absolute atomic E-state index is 0.101. The number of thiocarbonyl (C=S) groups is 1. The second-order valence-corrected chi connectivity index (χ2v) is 3.84. The highest BCUT2D eigenvalue weighted by Crippen LogP contribution is 2.20. The Balaban J connectivity index is 4.17. The molecule has 1 atom stereocenters. The van der Waals surface area contributed by atoms with E-state index in [0.717, 1.165) is 4.90 Å². The van der Waals surface area contributed by atoms with Crippen molar-refractivity contribution in [1.82, 2.24) is 4.90 Å². The zero-order chi connectivity index (χ0) is 12.2. The Bertz CT molecular complexity index is 255. The zero-order valence-corrected chi connectivity index (χ0v) is 9.28. The van der Waals surface area contributed by atoms with Gasteiger partial charge in [-0.15, -0.1) is 0 Å². The molecule has 2 N–H and O–H groups in total. The van der Waals surface area contributed by atoms with Crippen LogP contribution in [0.25, 0.3) is 0 Å².